The molecule has 0 rings (SSSR count). The lowest BCUT2D eigenvalue weighted by molar-refractivity contribution is -0.147. The summed E-state index contributed by atoms with van der Waals surface area (Å²) in [4.78, 5) is 23.3. The Labute approximate surface area is 285 Å². The Morgan fingerprint density at radius 1 is 0.500 bits per heavy atom. The van der Waals surface area contributed by atoms with Crippen molar-refractivity contribution >= 4 is 11.9 Å². The molecule has 4 nitrogen and oxygen atoms in total. The maximum Gasteiger partial charge on any atom is 0.306 e. The number of allylic oxidation sites excluding steroid dienone is 7. The van der Waals surface area contributed by atoms with Crippen molar-refractivity contribution in [2.75, 3.05) is 0 Å². The fourth-order valence-electron chi connectivity index (χ4n) is 5.68. The summed E-state index contributed by atoms with van der Waals surface area (Å²) in [5, 5.41) is 8.80. The van der Waals surface area contributed by atoms with Crippen LogP contribution in [0.15, 0.2) is 48.6 Å². The molecule has 1 N–H and O–H groups in total. The number of esters is 1. The molecular formula is C42H74O4. The topological polar surface area (TPSA) is 63.6 Å². The monoisotopic (exact) mass is 643 g/mol. The van der Waals surface area contributed by atoms with Crippen molar-refractivity contribution < 1.29 is 19.4 Å². The third-order valence-electron chi connectivity index (χ3n) is 8.55. The van der Waals surface area contributed by atoms with Crippen molar-refractivity contribution in [1.82, 2.24) is 0 Å². The van der Waals surface area contributed by atoms with Crippen LogP contribution in [0.4, 0.5) is 0 Å². The van der Waals surface area contributed by atoms with E-state index >= 15 is 0 Å². The number of carbonyl (C=O) groups is 2. The minimum Gasteiger partial charge on any atom is -0.481 e. The number of carboxylic acid groups (broad SMARTS) is 1. The minimum atomic E-state index is -0.717. The summed E-state index contributed by atoms with van der Waals surface area (Å²) in [6, 6.07) is 0. The first-order valence-electron chi connectivity index (χ1n) is 19.6. The maximum absolute atomic E-state index is 12.6. The highest BCUT2D eigenvalue weighted by molar-refractivity contribution is 5.69. The number of unbranched alkanes of at least 4 members (excludes halogenated alkanes) is 20. The summed E-state index contributed by atoms with van der Waals surface area (Å²) in [5.41, 5.74) is 0. The van der Waals surface area contributed by atoms with Crippen LogP contribution in [-0.2, 0) is 14.3 Å². The van der Waals surface area contributed by atoms with Gasteiger partial charge in [-0.15, -0.1) is 0 Å². The van der Waals surface area contributed by atoms with Crippen LogP contribution in [0.25, 0.3) is 0 Å². The van der Waals surface area contributed by atoms with E-state index in [2.05, 4.69) is 62.5 Å². The fraction of sp³-hybridized carbons (Fsp3) is 0.762. The van der Waals surface area contributed by atoms with Gasteiger partial charge < -0.3 is 9.84 Å². The van der Waals surface area contributed by atoms with Crippen molar-refractivity contribution in [3.05, 3.63) is 48.6 Å². The van der Waals surface area contributed by atoms with Gasteiger partial charge in [-0.25, -0.2) is 0 Å². The summed E-state index contributed by atoms with van der Waals surface area (Å²) in [6.07, 6.45) is 50.0. The molecule has 0 fully saturated rings. The zero-order valence-electron chi connectivity index (χ0n) is 30.4. The molecule has 0 radical (unpaired) electrons. The highest BCUT2D eigenvalue weighted by atomic mass is 16.5. The molecule has 0 aliphatic rings. The molecule has 0 aromatic carbocycles. The Hall–Kier alpha value is -2.10. The lowest BCUT2D eigenvalue weighted by atomic mass is 10.0. The van der Waals surface area contributed by atoms with Gasteiger partial charge in [-0.3, -0.25) is 9.59 Å². The van der Waals surface area contributed by atoms with Gasteiger partial charge in [0.05, 0.1) is 0 Å². The van der Waals surface area contributed by atoms with Gasteiger partial charge in [0, 0.05) is 12.8 Å². The van der Waals surface area contributed by atoms with Gasteiger partial charge in [0.25, 0.3) is 0 Å². The fourth-order valence-corrected chi connectivity index (χ4v) is 5.68. The van der Waals surface area contributed by atoms with Crippen LogP contribution in [0.2, 0.25) is 0 Å². The molecule has 0 aromatic rings. The SMILES string of the molecule is CC/C=C\C/C=C\C/C=C\C/C=C\C(CCCCCCCC(=O)O)OC(=O)CCCCCCCCCCCCCCCCCCC. The maximum atomic E-state index is 12.6. The van der Waals surface area contributed by atoms with Crippen LogP contribution in [0.3, 0.4) is 0 Å². The summed E-state index contributed by atoms with van der Waals surface area (Å²) >= 11 is 0. The first kappa shape index (κ1) is 43.9. The third-order valence-corrected chi connectivity index (χ3v) is 8.55. The molecule has 0 aliphatic heterocycles. The van der Waals surface area contributed by atoms with E-state index in [0.29, 0.717) is 6.42 Å². The van der Waals surface area contributed by atoms with E-state index in [9.17, 15) is 9.59 Å². The number of aliphatic carboxylic acids is 1. The van der Waals surface area contributed by atoms with Crippen LogP contribution in [0.1, 0.15) is 200 Å². The predicted octanol–water partition coefficient (Wildman–Crippen LogP) is 13.6. The second kappa shape index (κ2) is 37.4. The van der Waals surface area contributed by atoms with Gasteiger partial charge >= 0.3 is 11.9 Å². The van der Waals surface area contributed by atoms with Crippen molar-refractivity contribution in [1.29, 1.82) is 0 Å². The van der Waals surface area contributed by atoms with E-state index in [4.69, 9.17) is 9.84 Å². The smallest absolute Gasteiger partial charge is 0.306 e. The van der Waals surface area contributed by atoms with E-state index in [1.165, 1.54) is 96.3 Å². The number of hydrogen-bond donors (Lipinski definition) is 1. The third kappa shape index (κ3) is 36.4. The van der Waals surface area contributed by atoms with E-state index in [1.807, 2.05) is 0 Å². The van der Waals surface area contributed by atoms with E-state index in [-0.39, 0.29) is 18.5 Å². The Balaban J connectivity index is 4.09. The lowest BCUT2D eigenvalue weighted by Gasteiger charge is -2.14. The van der Waals surface area contributed by atoms with Crippen LogP contribution in [0.5, 0.6) is 0 Å². The van der Waals surface area contributed by atoms with Crippen LogP contribution >= 0.6 is 0 Å². The molecule has 1 atom stereocenters. The van der Waals surface area contributed by atoms with Gasteiger partial charge in [-0.1, -0.05) is 178 Å². The Morgan fingerprint density at radius 2 is 0.891 bits per heavy atom. The molecule has 0 heterocycles. The quantitative estimate of drug-likeness (QED) is 0.0424. The summed E-state index contributed by atoms with van der Waals surface area (Å²) in [7, 11) is 0. The zero-order valence-corrected chi connectivity index (χ0v) is 30.4. The lowest BCUT2D eigenvalue weighted by Crippen LogP contribution is -2.16. The molecule has 0 aromatic heterocycles. The van der Waals surface area contributed by atoms with Gasteiger partial charge in [0.1, 0.15) is 6.10 Å². The first-order chi connectivity index (χ1) is 22.6. The molecule has 0 saturated carbocycles. The van der Waals surface area contributed by atoms with Gasteiger partial charge in [0.15, 0.2) is 0 Å². The van der Waals surface area contributed by atoms with Crippen molar-refractivity contribution in [3.8, 4) is 0 Å². The molecule has 266 valence electrons. The predicted molar refractivity (Wildman–Crippen MR) is 199 cm³/mol. The highest BCUT2D eigenvalue weighted by Crippen LogP contribution is 2.16. The second-order valence-electron chi connectivity index (χ2n) is 13.1. The highest BCUT2D eigenvalue weighted by Gasteiger charge is 2.11. The van der Waals surface area contributed by atoms with Crippen LogP contribution in [0, 0.1) is 0 Å². The zero-order chi connectivity index (χ0) is 33.6. The van der Waals surface area contributed by atoms with Crippen LogP contribution in [-0.4, -0.2) is 23.1 Å². The first-order valence-corrected chi connectivity index (χ1v) is 19.6. The van der Waals surface area contributed by atoms with Gasteiger partial charge in [0.2, 0.25) is 0 Å². The van der Waals surface area contributed by atoms with Crippen molar-refractivity contribution in [2.24, 2.45) is 0 Å². The molecule has 4 heteroatoms. The van der Waals surface area contributed by atoms with Crippen molar-refractivity contribution in [3.63, 3.8) is 0 Å². The summed E-state index contributed by atoms with van der Waals surface area (Å²) in [6.45, 7) is 4.43. The summed E-state index contributed by atoms with van der Waals surface area (Å²) in [5.74, 6) is -0.791. The molecular weight excluding hydrogens is 568 g/mol. The van der Waals surface area contributed by atoms with Gasteiger partial charge in [-0.2, -0.15) is 0 Å². The number of carboxylic acids is 1. The average Bonchev–Trinajstić information content (AvgIpc) is 3.04. The van der Waals surface area contributed by atoms with E-state index < -0.39 is 5.97 Å². The largest absolute Gasteiger partial charge is 0.481 e. The van der Waals surface area contributed by atoms with E-state index in [1.54, 1.807) is 0 Å². The molecule has 0 amide bonds. The molecule has 0 spiro atoms. The Bertz CT molecular complexity index is 779. The van der Waals surface area contributed by atoms with Crippen LogP contribution < -0.4 is 0 Å². The molecule has 0 saturated heterocycles. The van der Waals surface area contributed by atoms with Crippen molar-refractivity contribution in [2.45, 2.75) is 206 Å². The molecule has 0 aliphatic carbocycles. The number of ether oxygens (including phenoxy) is 1. The Morgan fingerprint density at radius 3 is 1.35 bits per heavy atom. The number of hydrogen-bond acceptors (Lipinski definition) is 3. The molecule has 1 unspecified atom stereocenters. The Kier molecular flexibility index (Phi) is 35.7. The summed E-state index contributed by atoms with van der Waals surface area (Å²) < 4.78 is 5.89. The number of carbonyl (C=O) groups excluding carboxylic acids is 1. The molecule has 46 heavy (non-hydrogen) atoms. The second-order valence-corrected chi connectivity index (χ2v) is 13.1. The normalized spacial score (nSPS) is 12.7. The van der Waals surface area contributed by atoms with E-state index in [0.717, 1.165) is 77.0 Å². The number of rotatable bonds is 35. The standard InChI is InChI=1S/C42H74O4/c1-3-5-7-9-11-13-15-16-17-18-19-20-22-24-26-31-35-39-42(45)46-40(37-33-29-27-30-34-38-41(43)44)36-32-28-25-23-21-14-12-10-8-6-4-2/h6,8,12,14,23,25,32,36,40H,3-5,7,9-11,13,15-22,24,26-31,33-35,37-39H2,1-2H3,(H,43,44)/b8-6-,14-12-,25-23-,36-32-. The minimum absolute atomic E-state index is 0.0742. The average molecular weight is 643 g/mol. The van der Waals surface area contributed by atoms with Gasteiger partial charge in [-0.05, 0) is 57.4 Å². The molecule has 0 bridgehead atoms.